The number of benzene rings is 1. The van der Waals surface area contributed by atoms with Gasteiger partial charge in [-0.25, -0.2) is 0 Å². The molecule has 2 N–H and O–H groups in total. The van der Waals surface area contributed by atoms with Crippen molar-refractivity contribution < 1.29 is 0 Å². The molecule has 1 aliphatic heterocycles. The first kappa shape index (κ1) is 9.90. The molecule has 3 rings (SSSR count). The number of hydrogen-bond acceptors (Lipinski definition) is 2. The Labute approximate surface area is 102 Å². The van der Waals surface area contributed by atoms with Crippen LogP contribution in [0.2, 0.25) is 0 Å². The number of rotatable bonds is 1. The third kappa shape index (κ3) is 1.53. The number of halogens is 1. The first-order chi connectivity index (χ1) is 7.86. The van der Waals surface area contributed by atoms with Gasteiger partial charge in [0.15, 0.2) is 0 Å². The van der Waals surface area contributed by atoms with E-state index < -0.39 is 0 Å². The van der Waals surface area contributed by atoms with E-state index in [1.807, 2.05) is 6.20 Å². The lowest BCUT2D eigenvalue weighted by molar-refractivity contribution is 0.695. The number of anilines is 1. The lowest BCUT2D eigenvalue weighted by Crippen LogP contribution is -2.18. The van der Waals surface area contributed by atoms with Crippen LogP contribution in [0.3, 0.4) is 0 Å². The molecule has 2 heterocycles. The summed E-state index contributed by atoms with van der Waals surface area (Å²) >= 11 is 3.58. The summed E-state index contributed by atoms with van der Waals surface area (Å²) < 4.78 is 1.13. The molecule has 82 valence electrons. The summed E-state index contributed by atoms with van der Waals surface area (Å²) in [6.45, 7) is 0.999. The van der Waals surface area contributed by atoms with Crippen LogP contribution in [0.15, 0.2) is 34.9 Å². The number of nitrogens with one attached hydrogen (secondary N) is 2. The number of aromatic amines is 1. The molecule has 1 aromatic heterocycles. The quantitative estimate of drug-likeness (QED) is 0.841. The minimum atomic E-state index is 0.427. The highest BCUT2D eigenvalue weighted by molar-refractivity contribution is 9.10. The normalized spacial score (nSPS) is 18.9. The van der Waals surface area contributed by atoms with Gasteiger partial charge in [-0.3, -0.25) is 5.10 Å². The highest BCUT2D eigenvalue weighted by atomic mass is 79.9. The largest absolute Gasteiger partial charge is 0.384 e. The molecule has 0 radical (unpaired) electrons. The maximum absolute atomic E-state index is 4.04. The summed E-state index contributed by atoms with van der Waals surface area (Å²) in [5, 5.41) is 10.6. The number of hydrogen-bond donors (Lipinski definition) is 2. The first-order valence-electron chi connectivity index (χ1n) is 5.38. The van der Waals surface area contributed by atoms with E-state index in [1.165, 1.54) is 16.9 Å². The van der Waals surface area contributed by atoms with Crippen LogP contribution in [0.1, 0.15) is 23.6 Å². The number of aromatic nitrogens is 2. The number of para-hydroxylation sites is 1. The minimum Gasteiger partial charge on any atom is -0.384 e. The van der Waals surface area contributed by atoms with Crippen LogP contribution in [0.25, 0.3) is 0 Å². The van der Waals surface area contributed by atoms with Crippen molar-refractivity contribution in [1.29, 1.82) is 0 Å². The highest BCUT2D eigenvalue weighted by Crippen LogP contribution is 2.39. The zero-order chi connectivity index (χ0) is 11.0. The van der Waals surface area contributed by atoms with Crippen molar-refractivity contribution in [3.05, 3.63) is 46.2 Å². The fraction of sp³-hybridized carbons (Fsp3) is 0.250. The van der Waals surface area contributed by atoms with Gasteiger partial charge in [0.1, 0.15) is 0 Å². The summed E-state index contributed by atoms with van der Waals surface area (Å²) in [4.78, 5) is 0. The Morgan fingerprint density at radius 2 is 2.25 bits per heavy atom. The molecule has 1 atom stereocenters. The predicted octanol–water partition coefficient (Wildman–Crippen LogP) is 3.12. The Kier molecular flexibility index (Phi) is 2.44. The molecular weight excluding hydrogens is 266 g/mol. The van der Waals surface area contributed by atoms with Gasteiger partial charge in [0, 0.05) is 28.8 Å². The van der Waals surface area contributed by atoms with Crippen LogP contribution in [-0.4, -0.2) is 16.7 Å². The molecule has 0 aliphatic carbocycles. The highest BCUT2D eigenvalue weighted by Gasteiger charge is 2.23. The van der Waals surface area contributed by atoms with Crippen molar-refractivity contribution in [2.75, 3.05) is 11.9 Å². The molecule has 16 heavy (non-hydrogen) atoms. The zero-order valence-corrected chi connectivity index (χ0v) is 10.3. The van der Waals surface area contributed by atoms with Gasteiger partial charge in [-0.05, 0) is 40.0 Å². The third-order valence-corrected chi connectivity index (χ3v) is 3.71. The first-order valence-corrected chi connectivity index (χ1v) is 6.17. The van der Waals surface area contributed by atoms with Gasteiger partial charge in [0.2, 0.25) is 0 Å². The maximum atomic E-state index is 4.04. The zero-order valence-electron chi connectivity index (χ0n) is 8.70. The Bertz CT molecular complexity index is 493. The standard InChI is InChI=1S/C12H12BrN3/c13-10-3-1-2-9-8(4-6-14-12(9)10)11-5-7-15-16-11/h1-3,5,7-8,14H,4,6H2,(H,15,16). The second-order valence-electron chi connectivity index (χ2n) is 3.98. The molecular formula is C12H12BrN3. The lowest BCUT2D eigenvalue weighted by Gasteiger charge is -2.26. The van der Waals surface area contributed by atoms with Crippen LogP contribution in [0.4, 0.5) is 5.69 Å². The molecule has 0 bridgehead atoms. The van der Waals surface area contributed by atoms with Crippen LogP contribution in [-0.2, 0) is 0 Å². The van der Waals surface area contributed by atoms with E-state index in [-0.39, 0.29) is 0 Å². The van der Waals surface area contributed by atoms with Gasteiger partial charge in [-0.1, -0.05) is 12.1 Å². The van der Waals surface area contributed by atoms with E-state index in [0.29, 0.717) is 5.92 Å². The van der Waals surface area contributed by atoms with E-state index in [0.717, 1.165) is 17.4 Å². The maximum Gasteiger partial charge on any atom is 0.0524 e. The summed E-state index contributed by atoms with van der Waals surface area (Å²) in [5.74, 6) is 0.427. The summed E-state index contributed by atoms with van der Waals surface area (Å²) in [6.07, 6.45) is 2.92. The monoisotopic (exact) mass is 277 g/mol. The molecule has 1 unspecified atom stereocenters. The Morgan fingerprint density at radius 3 is 3.06 bits per heavy atom. The van der Waals surface area contributed by atoms with Gasteiger partial charge in [-0.2, -0.15) is 5.10 Å². The van der Waals surface area contributed by atoms with Crippen molar-refractivity contribution >= 4 is 21.6 Å². The average molecular weight is 278 g/mol. The van der Waals surface area contributed by atoms with Crippen molar-refractivity contribution in [1.82, 2.24) is 10.2 Å². The van der Waals surface area contributed by atoms with E-state index >= 15 is 0 Å². The van der Waals surface area contributed by atoms with E-state index in [2.05, 4.69) is 55.7 Å². The van der Waals surface area contributed by atoms with Crippen molar-refractivity contribution in [3.63, 3.8) is 0 Å². The average Bonchev–Trinajstić information content (AvgIpc) is 2.82. The van der Waals surface area contributed by atoms with Crippen molar-refractivity contribution in [3.8, 4) is 0 Å². The molecule has 0 saturated carbocycles. The van der Waals surface area contributed by atoms with Gasteiger partial charge in [-0.15, -0.1) is 0 Å². The van der Waals surface area contributed by atoms with Crippen molar-refractivity contribution in [2.24, 2.45) is 0 Å². The molecule has 2 aromatic rings. The second-order valence-corrected chi connectivity index (χ2v) is 4.84. The van der Waals surface area contributed by atoms with Gasteiger partial charge in [0.05, 0.1) is 5.69 Å². The molecule has 1 aromatic carbocycles. The molecule has 3 nitrogen and oxygen atoms in total. The lowest BCUT2D eigenvalue weighted by atomic mass is 9.88. The summed E-state index contributed by atoms with van der Waals surface area (Å²) in [7, 11) is 0. The molecule has 0 amide bonds. The van der Waals surface area contributed by atoms with Crippen LogP contribution in [0, 0.1) is 0 Å². The van der Waals surface area contributed by atoms with Crippen LogP contribution < -0.4 is 5.32 Å². The predicted molar refractivity (Wildman–Crippen MR) is 67.7 cm³/mol. The topological polar surface area (TPSA) is 40.7 Å². The molecule has 0 spiro atoms. The smallest absolute Gasteiger partial charge is 0.0524 e. The Morgan fingerprint density at radius 1 is 1.31 bits per heavy atom. The van der Waals surface area contributed by atoms with E-state index in [9.17, 15) is 0 Å². The van der Waals surface area contributed by atoms with Gasteiger partial charge < -0.3 is 5.32 Å². The summed E-state index contributed by atoms with van der Waals surface area (Å²) in [6, 6.07) is 8.39. The van der Waals surface area contributed by atoms with Gasteiger partial charge in [0.25, 0.3) is 0 Å². The second kappa shape index (κ2) is 3.94. The molecule has 0 saturated heterocycles. The minimum absolute atomic E-state index is 0.427. The van der Waals surface area contributed by atoms with Crippen LogP contribution in [0.5, 0.6) is 0 Å². The SMILES string of the molecule is Brc1cccc2c1NCCC2c1ccn[nH]1. The Balaban J connectivity index is 2.10. The molecule has 1 aliphatic rings. The summed E-state index contributed by atoms with van der Waals surface area (Å²) in [5.41, 5.74) is 3.75. The molecule has 4 heteroatoms. The number of fused-ring (bicyclic) bond motifs is 1. The third-order valence-electron chi connectivity index (χ3n) is 3.05. The Hall–Kier alpha value is -1.29. The van der Waals surface area contributed by atoms with E-state index in [1.54, 1.807) is 0 Å². The fourth-order valence-corrected chi connectivity index (χ4v) is 2.82. The van der Waals surface area contributed by atoms with Crippen LogP contribution >= 0.6 is 15.9 Å². The van der Waals surface area contributed by atoms with Gasteiger partial charge >= 0.3 is 0 Å². The molecule has 0 fully saturated rings. The van der Waals surface area contributed by atoms with Crippen molar-refractivity contribution in [2.45, 2.75) is 12.3 Å². The number of nitrogens with zero attached hydrogens (tertiary/aromatic N) is 1. The fourth-order valence-electron chi connectivity index (χ4n) is 2.30. The number of H-pyrrole nitrogens is 1. The van der Waals surface area contributed by atoms with E-state index in [4.69, 9.17) is 0 Å².